The maximum Gasteiger partial charge on any atom is 0.159 e. The fourth-order valence-corrected chi connectivity index (χ4v) is 4.40. The summed E-state index contributed by atoms with van der Waals surface area (Å²) in [4.78, 5) is 11.5. The van der Waals surface area contributed by atoms with Crippen LogP contribution in [0.1, 0.15) is 53.6 Å². The monoisotopic (exact) mass is 319 g/mol. The maximum atomic E-state index is 11.5. The zero-order valence-electron chi connectivity index (χ0n) is 14.6. The molecule has 4 rings (SSSR count). The number of carbonyl (C=O) groups excluding carboxylic acids is 1. The van der Waals surface area contributed by atoms with E-state index >= 15 is 0 Å². The third kappa shape index (κ3) is 2.69. The molecule has 0 amide bonds. The van der Waals surface area contributed by atoms with Gasteiger partial charge < -0.3 is 5.32 Å². The highest BCUT2D eigenvalue weighted by atomic mass is 16.1. The van der Waals surface area contributed by atoms with Crippen LogP contribution in [0.5, 0.6) is 0 Å². The van der Waals surface area contributed by atoms with Gasteiger partial charge >= 0.3 is 0 Å². The molecule has 1 heterocycles. The molecule has 2 heteroatoms. The molecule has 1 aliphatic heterocycles. The first kappa shape index (κ1) is 15.6. The van der Waals surface area contributed by atoms with E-state index < -0.39 is 0 Å². The number of Topliss-reactive ketones (excluding diaryl/α,β-unsaturated/α-hetero) is 1. The topological polar surface area (TPSA) is 29.1 Å². The van der Waals surface area contributed by atoms with E-state index in [1.165, 1.54) is 49.0 Å². The molecule has 1 atom stereocenters. The van der Waals surface area contributed by atoms with Gasteiger partial charge in [0, 0.05) is 5.56 Å². The van der Waals surface area contributed by atoms with Gasteiger partial charge in [-0.25, -0.2) is 0 Å². The smallest absolute Gasteiger partial charge is 0.159 e. The van der Waals surface area contributed by atoms with Gasteiger partial charge in [-0.15, -0.1) is 0 Å². The molecule has 1 aliphatic carbocycles. The van der Waals surface area contributed by atoms with Gasteiger partial charge in [0.05, 0.1) is 0 Å². The van der Waals surface area contributed by atoms with Gasteiger partial charge in [0.15, 0.2) is 5.78 Å². The summed E-state index contributed by atoms with van der Waals surface area (Å²) < 4.78 is 0. The van der Waals surface area contributed by atoms with E-state index in [-0.39, 0.29) is 5.78 Å². The third-order valence-electron chi connectivity index (χ3n) is 6.05. The van der Waals surface area contributed by atoms with E-state index in [2.05, 4.69) is 42.6 Å². The molecule has 1 spiro atoms. The maximum absolute atomic E-state index is 11.5. The fourth-order valence-electron chi connectivity index (χ4n) is 4.40. The Kier molecular flexibility index (Phi) is 3.80. The number of ketones is 1. The van der Waals surface area contributed by atoms with Crippen LogP contribution >= 0.6 is 0 Å². The predicted molar refractivity (Wildman–Crippen MR) is 98.5 cm³/mol. The van der Waals surface area contributed by atoms with Crippen molar-refractivity contribution >= 4 is 5.78 Å². The summed E-state index contributed by atoms with van der Waals surface area (Å²) >= 11 is 0. The summed E-state index contributed by atoms with van der Waals surface area (Å²) in [5, 5.41) is 3.48. The van der Waals surface area contributed by atoms with Crippen molar-refractivity contribution < 1.29 is 4.79 Å². The second kappa shape index (κ2) is 5.86. The van der Waals surface area contributed by atoms with Crippen molar-refractivity contribution in [3.63, 3.8) is 0 Å². The molecule has 2 aliphatic rings. The molecule has 1 N–H and O–H groups in total. The molecular weight excluding hydrogens is 294 g/mol. The number of hydrogen-bond acceptors (Lipinski definition) is 2. The normalized spacial score (nSPS) is 21.7. The number of hydrogen-bond donors (Lipinski definition) is 1. The molecule has 2 fully saturated rings. The van der Waals surface area contributed by atoms with Crippen LogP contribution in [-0.4, -0.2) is 18.9 Å². The van der Waals surface area contributed by atoms with Crippen LogP contribution in [0.25, 0.3) is 11.1 Å². The molecule has 2 aromatic rings. The summed E-state index contributed by atoms with van der Waals surface area (Å²) in [5.74, 6) is 0.885. The SMILES string of the molecule is CC(=O)c1ccc(-c2ccc([C@H]3CC34CCNCC4)cc2)c(C)c1. The van der Waals surface area contributed by atoms with Crippen molar-refractivity contribution in [2.45, 2.75) is 39.0 Å². The van der Waals surface area contributed by atoms with Crippen LogP contribution in [0.3, 0.4) is 0 Å². The van der Waals surface area contributed by atoms with Crippen molar-refractivity contribution in [1.29, 1.82) is 0 Å². The van der Waals surface area contributed by atoms with Gasteiger partial charge in [-0.3, -0.25) is 4.79 Å². The van der Waals surface area contributed by atoms with E-state index in [0.29, 0.717) is 5.41 Å². The first-order valence-corrected chi connectivity index (χ1v) is 9.02. The highest BCUT2D eigenvalue weighted by Crippen LogP contribution is 2.64. The van der Waals surface area contributed by atoms with E-state index in [1.807, 2.05) is 12.1 Å². The Morgan fingerprint density at radius 3 is 2.42 bits per heavy atom. The Bertz CT molecular complexity index is 769. The Morgan fingerprint density at radius 1 is 1.08 bits per heavy atom. The van der Waals surface area contributed by atoms with Crippen molar-refractivity contribution in [1.82, 2.24) is 5.32 Å². The molecule has 124 valence electrons. The Labute approximate surface area is 144 Å². The lowest BCUT2D eigenvalue weighted by Gasteiger charge is -2.23. The van der Waals surface area contributed by atoms with E-state index in [1.54, 1.807) is 6.92 Å². The Morgan fingerprint density at radius 2 is 1.79 bits per heavy atom. The first-order chi connectivity index (χ1) is 11.6. The van der Waals surface area contributed by atoms with Crippen LogP contribution in [0.15, 0.2) is 42.5 Å². The predicted octanol–water partition coefficient (Wildman–Crippen LogP) is 4.72. The molecule has 0 unspecified atom stereocenters. The number of benzene rings is 2. The average Bonchev–Trinajstić information content (AvgIpc) is 3.28. The van der Waals surface area contributed by atoms with E-state index in [0.717, 1.165) is 17.0 Å². The minimum absolute atomic E-state index is 0.126. The number of carbonyl (C=O) groups is 1. The highest BCUT2D eigenvalue weighted by molar-refractivity contribution is 5.95. The summed E-state index contributed by atoms with van der Waals surface area (Å²) in [6.07, 6.45) is 4.01. The molecule has 1 saturated carbocycles. The van der Waals surface area contributed by atoms with Gasteiger partial charge in [-0.2, -0.15) is 0 Å². The first-order valence-electron chi connectivity index (χ1n) is 9.02. The van der Waals surface area contributed by atoms with Crippen LogP contribution < -0.4 is 5.32 Å². The lowest BCUT2D eigenvalue weighted by molar-refractivity contribution is 0.101. The van der Waals surface area contributed by atoms with Gasteiger partial charge in [0.2, 0.25) is 0 Å². The van der Waals surface area contributed by atoms with Crippen molar-refractivity contribution in [2.75, 3.05) is 13.1 Å². The second-order valence-electron chi connectivity index (χ2n) is 7.58. The molecule has 2 aromatic carbocycles. The molecular formula is C22H25NO. The minimum Gasteiger partial charge on any atom is -0.317 e. The zero-order valence-corrected chi connectivity index (χ0v) is 14.6. The highest BCUT2D eigenvalue weighted by Gasteiger charge is 2.54. The number of nitrogens with one attached hydrogen (secondary N) is 1. The summed E-state index contributed by atoms with van der Waals surface area (Å²) in [6.45, 7) is 6.06. The number of piperidine rings is 1. The molecule has 0 radical (unpaired) electrons. The Balaban J connectivity index is 1.55. The van der Waals surface area contributed by atoms with Crippen molar-refractivity contribution in [3.8, 4) is 11.1 Å². The minimum atomic E-state index is 0.126. The number of rotatable bonds is 3. The quantitative estimate of drug-likeness (QED) is 0.829. The summed E-state index contributed by atoms with van der Waals surface area (Å²) in [7, 11) is 0. The zero-order chi connectivity index (χ0) is 16.7. The Hall–Kier alpha value is -1.93. The summed E-state index contributed by atoms with van der Waals surface area (Å²) in [6, 6.07) is 15.1. The van der Waals surface area contributed by atoms with Crippen LogP contribution in [0, 0.1) is 12.3 Å². The number of aryl methyl sites for hydroxylation is 1. The molecule has 1 saturated heterocycles. The van der Waals surface area contributed by atoms with Crippen molar-refractivity contribution in [2.24, 2.45) is 5.41 Å². The lowest BCUT2D eigenvalue weighted by Crippen LogP contribution is -2.29. The van der Waals surface area contributed by atoms with E-state index in [9.17, 15) is 4.79 Å². The van der Waals surface area contributed by atoms with Gasteiger partial charge in [0.25, 0.3) is 0 Å². The molecule has 0 bridgehead atoms. The van der Waals surface area contributed by atoms with Crippen LogP contribution in [-0.2, 0) is 0 Å². The van der Waals surface area contributed by atoms with Crippen LogP contribution in [0.4, 0.5) is 0 Å². The van der Waals surface area contributed by atoms with Gasteiger partial charge in [0.1, 0.15) is 0 Å². The molecule has 24 heavy (non-hydrogen) atoms. The van der Waals surface area contributed by atoms with Gasteiger partial charge in [-0.05, 0) is 85.9 Å². The average molecular weight is 319 g/mol. The van der Waals surface area contributed by atoms with Gasteiger partial charge in [-0.1, -0.05) is 36.4 Å². The third-order valence-corrected chi connectivity index (χ3v) is 6.05. The van der Waals surface area contributed by atoms with E-state index in [4.69, 9.17) is 0 Å². The second-order valence-corrected chi connectivity index (χ2v) is 7.58. The molecule has 0 aromatic heterocycles. The standard InChI is InChI=1S/C22H25NO/c1-15-13-19(16(2)24)7-8-20(15)17-3-5-18(6-4-17)21-14-22(21)9-11-23-12-10-22/h3-8,13,21,23H,9-12,14H2,1-2H3/t21-/m1/s1. The molecule has 2 nitrogen and oxygen atoms in total. The fraction of sp³-hybridized carbons (Fsp3) is 0.409. The largest absolute Gasteiger partial charge is 0.317 e. The van der Waals surface area contributed by atoms with Crippen LogP contribution in [0.2, 0.25) is 0 Å². The lowest BCUT2D eigenvalue weighted by atomic mass is 9.89. The van der Waals surface area contributed by atoms with Crippen molar-refractivity contribution in [3.05, 3.63) is 59.2 Å². The summed E-state index contributed by atoms with van der Waals surface area (Å²) in [5.41, 5.74) is 6.51.